The van der Waals surface area contributed by atoms with Gasteiger partial charge in [-0.1, -0.05) is 26.0 Å². The Morgan fingerprint density at radius 3 is 2.29 bits per heavy atom. The molecular formula is C17H20N4O2S. The summed E-state index contributed by atoms with van der Waals surface area (Å²) in [6.45, 7) is 5.07. The second-order valence-corrected chi connectivity index (χ2v) is 7.07. The van der Waals surface area contributed by atoms with Gasteiger partial charge in [-0.3, -0.25) is 0 Å². The Kier molecular flexibility index (Phi) is 5.90. The first-order chi connectivity index (χ1) is 11.5. The second-order valence-electron chi connectivity index (χ2n) is 5.13. The monoisotopic (exact) mass is 344 g/mol. The van der Waals surface area contributed by atoms with Gasteiger partial charge in [-0.2, -0.15) is 9.57 Å². The van der Waals surface area contributed by atoms with Crippen LogP contribution < -0.4 is 5.32 Å². The lowest BCUT2D eigenvalue weighted by Gasteiger charge is -2.18. The summed E-state index contributed by atoms with van der Waals surface area (Å²) in [6.07, 6.45) is 1.50. The Balaban J connectivity index is 2.05. The number of pyridine rings is 1. The van der Waals surface area contributed by atoms with Crippen molar-refractivity contribution >= 4 is 15.8 Å². The molecule has 0 fully saturated rings. The predicted molar refractivity (Wildman–Crippen MR) is 92.8 cm³/mol. The van der Waals surface area contributed by atoms with E-state index in [4.69, 9.17) is 5.26 Å². The van der Waals surface area contributed by atoms with Gasteiger partial charge >= 0.3 is 0 Å². The SMILES string of the molecule is CCN(CC)S(=O)(=O)c1ccc(CNc2ccc(C#N)cn2)cc1. The molecule has 126 valence electrons. The van der Waals surface area contributed by atoms with Gasteiger partial charge in [-0.05, 0) is 29.8 Å². The molecule has 0 aliphatic carbocycles. The van der Waals surface area contributed by atoms with Crippen molar-refractivity contribution in [3.8, 4) is 6.07 Å². The molecule has 2 aromatic rings. The van der Waals surface area contributed by atoms with Crippen LogP contribution in [-0.4, -0.2) is 30.8 Å². The summed E-state index contributed by atoms with van der Waals surface area (Å²) < 4.78 is 26.3. The van der Waals surface area contributed by atoms with Crippen LogP contribution in [0.1, 0.15) is 25.0 Å². The molecule has 0 radical (unpaired) electrons. The Morgan fingerprint density at radius 2 is 1.79 bits per heavy atom. The molecule has 0 aliphatic rings. The van der Waals surface area contributed by atoms with Crippen LogP contribution in [0, 0.1) is 11.3 Å². The van der Waals surface area contributed by atoms with Gasteiger partial charge in [-0.15, -0.1) is 0 Å². The molecule has 0 spiro atoms. The third-order valence-electron chi connectivity index (χ3n) is 3.63. The number of benzene rings is 1. The molecule has 1 heterocycles. The van der Waals surface area contributed by atoms with Gasteiger partial charge in [0.1, 0.15) is 11.9 Å². The molecule has 2 rings (SSSR count). The van der Waals surface area contributed by atoms with Crippen molar-refractivity contribution in [3.05, 3.63) is 53.7 Å². The average molecular weight is 344 g/mol. The molecule has 6 nitrogen and oxygen atoms in total. The largest absolute Gasteiger partial charge is 0.366 e. The molecule has 0 amide bonds. The number of sulfonamides is 1. The minimum atomic E-state index is -3.42. The fraction of sp³-hybridized carbons (Fsp3) is 0.294. The van der Waals surface area contributed by atoms with E-state index in [9.17, 15) is 8.42 Å². The molecule has 0 saturated carbocycles. The highest BCUT2D eigenvalue weighted by molar-refractivity contribution is 7.89. The molecular weight excluding hydrogens is 324 g/mol. The van der Waals surface area contributed by atoms with Crippen molar-refractivity contribution in [1.29, 1.82) is 5.26 Å². The second kappa shape index (κ2) is 7.90. The van der Waals surface area contributed by atoms with Crippen LogP contribution in [0.15, 0.2) is 47.5 Å². The van der Waals surface area contributed by atoms with Crippen molar-refractivity contribution in [2.75, 3.05) is 18.4 Å². The molecule has 1 N–H and O–H groups in total. The standard InChI is InChI=1S/C17H20N4O2S/c1-3-21(4-2)24(22,23)16-8-5-14(6-9-16)12-19-17-10-7-15(11-18)13-20-17/h5-10,13H,3-4,12H2,1-2H3,(H,19,20). The lowest BCUT2D eigenvalue weighted by atomic mass is 10.2. The molecule has 0 saturated heterocycles. The predicted octanol–water partition coefficient (Wildman–Crippen LogP) is 2.60. The highest BCUT2D eigenvalue weighted by Crippen LogP contribution is 2.16. The highest BCUT2D eigenvalue weighted by atomic mass is 32.2. The van der Waals surface area contributed by atoms with E-state index in [1.165, 1.54) is 10.5 Å². The third-order valence-corrected chi connectivity index (χ3v) is 5.70. The molecule has 0 bridgehead atoms. The summed E-state index contributed by atoms with van der Waals surface area (Å²) in [5, 5.41) is 11.9. The van der Waals surface area contributed by atoms with E-state index in [-0.39, 0.29) is 0 Å². The number of hydrogen-bond acceptors (Lipinski definition) is 5. The number of rotatable bonds is 7. The first-order valence-corrected chi connectivity index (χ1v) is 9.14. The van der Waals surface area contributed by atoms with Gasteiger partial charge in [0.15, 0.2) is 0 Å². The van der Waals surface area contributed by atoms with Gasteiger partial charge in [0.05, 0.1) is 10.5 Å². The van der Waals surface area contributed by atoms with Crippen molar-refractivity contribution < 1.29 is 8.42 Å². The van der Waals surface area contributed by atoms with Crippen molar-refractivity contribution in [3.63, 3.8) is 0 Å². The molecule has 7 heteroatoms. The Morgan fingerprint density at radius 1 is 1.12 bits per heavy atom. The smallest absolute Gasteiger partial charge is 0.243 e. The van der Waals surface area contributed by atoms with Crippen molar-refractivity contribution in [2.24, 2.45) is 0 Å². The van der Waals surface area contributed by atoms with Crippen LogP contribution in [-0.2, 0) is 16.6 Å². The van der Waals surface area contributed by atoms with E-state index in [0.29, 0.717) is 35.9 Å². The van der Waals surface area contributed by atoms with Crippen molar-refractivity contribution in [2.45, 2.75) is 25.3 Å². The van der Waals surface area contributed by atoms with E-state index in [1.807, 2.05) is 19.9 Å². The topological polar surface area (TPSA) is 86.1 Å². The van der Waals surface area contributed by atoms with Gasteiger partial charge in [0.2, 0.25) is 10.0 Å². The highest BCUT2D eigenvalue weighted by Gasteiger charge is 2.20. The van der Waals surface area contributed by atoms with E-state index in [2.05, 4.69) is 10.3 Å². The zero-order valence-corrected chi connectivity index (χ0v) is 14.5. The fourth-order valence-corrected chi connectivity index (χ4v) is 3.71. The zero-order chi connectivity index (χ0) is 17.6. The van der Waals surface area contributed by atoms with Gasteiger partial charge in [0, 0.05) is 25.8 Å². The molecule has 24 heavy (non-hydrogen) atoms. The lowest BCUT2D eigenvalue weighted by Crippen LogP contribution is -2.30. The molecule has 0 atom stereocenters. The molecule has 1 aromatic carbocycles. The average Bonchev–Trinajstić information content (AvgIpc) is 2.61. The van der Waals surface area contributed by atoms with Crippen LogP contribution in [0.4, 0.5) is 5.82 Å². The molecule has 0 unspecified atom stereocenters. The van der Waals surface area contributed by atoms with E-state index in [1.54, 1.807) is 36.4 Å². The van der Waals surface area contributed by atoms with E-state index >= 15 is 0 Å². The summed E-state index contributed by atoms with van der Waals surface area (Å²) in [6, 6.07) is 12.3. The lowest BCUT2D eigenvalue weighted by molar-refractivity contribution is 0.445. The fourth-order valence-electron chi connectivity index (χ4n) is 2.25. The quantitative estimate of drug-likeness (QED) is 0.834. The van der Waals surface area contributed by atoms with E-state index in [0.717, 1.165) is 5.56 Å². The Hall–Kier alpha value is -2.43. The van der Waals surface area contributed by atoms with Gasteiger partial charge in [-0.25, -0.2) is 13.4 Å². The van der Waals surface area contributed by atoms with Crippen LogP contribution in [0.3, 0.4) is 0 Å². The van der Waals surface area contributed by atoms with Crippen molar-refractivity contribution in [1.82, 2.24) is 9.29 Å². The third kappa shape index (κ3) is 4.10. The Labute approximate surface area is 142 Å². The van der Waals surface area contributed by atoms with E-state index < -0.39 is 10.0 Å². The summed E-state index contributed by atoms with van der Waals surface area (Å²) in [7, 11) is -3.42. The van der Waals surface area contributed by atoms with Crippen LogP contribution >= 0.6 is 0 Å². The van der Waals surface area contributed by atoms with Crippen LogP contribution in [0.2, 0.25) is 0 Å². The maximum Gasteiger partial charge on any atom is 0.243 e. The first-order valence-electron chi connectivity index (χ1n) is 7.70. The maximum absolute atomic E-state index is 12.4. The van der Waals surface area contributed by atoms with Gasteiger partial charge < -0.3 is 5.32 Å². The first kappa shape index (κ1) is 17.9. The number of nitrogens with zero attached hydrogens (tertiary/aromatic N) is 3. The van der Waals surface area contributed by atoms with Crippen LogP contribution in [0.5, 0.6) is 0 Å². The minimum Gasteiger partial charge on any atom is -0.366 e. The molecule has 0 aliphatic heterocycles. The summed E-state index contributed by atoms with van der Waals surface area (Å²) >= 11 is 0. The number of anilines is 1. The van der Waals surface area contributed by atoms with Crippen LogP contribution in [0.25, 0.3) is 0 Å². The normalized spacial score (nSPS) is 11.2. The molecule has 1 aromatic heterocycles. The summed E-state index contributed by atoms with van der Waals surface area (Å²) in [4.78, 5) is 4.43. The van der Waals surface area contributed by atoms with Gasteiger partial charge in [0.25, 0.3) is 0 Å². The Bertz CT molecular complexity index is 805. The number of hydrogen-bond donors (Lipinski definition) is 1. The number of nitrogens with one attached hydrogen (secondary N) is 1. The summed E-state index contributed by atoms with van der Waals surface area (Å²) in [5.41, 5.74) is 1.45. The number of aromatic nitrogens is 1. The number of nitriles is 1. The zero-order valence-electron chi connectivity index (χ0n) is 13.7. The minimum absolute atomic E-state index is 0.298. The maximum atomic E-state index is 12.4. The summed E-state index contributed by atoms with van der Waals surface area (Å²) in [5.74, 6) is 0.661.